The summed E-state index contributed by atoms with van der Waals surface area (Å²) in [6.45, 7) is 1.62. The zero-order valence-corrected chi connectivity index (χ0v) is 16.1. The molecule has 2 aliphatic heterocycles. The van der Waals surface area contributed by atoms with Crippen molar-refractivity contribution >= 4 is 17.3 Å². The first-order valence-corrected chi connectivity index (χ1v) is 10.2. The second-order valence-electron chi connectivity index (χ2n) is 8.10. The van der Waals surface area contributed by atoms with Crippen LogP contribution in [0.4, 0.5) is 11.4 Å². The molecule has 0 saturated carbocycles. The second-order valence-corrected chi connectivity index (χ2v) is 8.10. The lowest BCUT2D eigenvalue weighted by atomic mass is 9.76. The summed E-state index contributed by atoms with van der Waals surface area (Å²) in [5, 5.41) is 14.9. The van der Waals surface area contributed by atoms with Crippen LogP contribution < -0.4 is 5.32 Å². The molecule has 3 atom stereocenters. The monoisotopic (exact) mass is 389 g/mol. The van der Waals surface area contributed by atoms with Gasteiger partial charge in [0.15, 0.2) is 0 Å². The summed E-state index contributed by atoms with van der Waals surface area (Å²) in [5.41, 5.74) is 3.73. The average Bonchev–Trinajstić information content (AvgIpc) is 3.44. The van der Waals surface area contributed by atoms with E-state index in [9.17, 15) is 14.9 Å². The minimum absolute atomic E-state index is 0.0741. The molecule has 0 bridgehead atoms. The number of amides is 1. The molecule has 0 aromatic heterocycles. The number of likely N-dealkylation sites (tertiary alicyclic amines) is 1. The number of nitro groups is 1. The Morgan fingerprint density at radius 2 is 1.93 bits per heavy atom. The lowest BCUT2D eigenvalue weighted by Gasteiger charge is -2.38. The van der Waals surface area contributed by atoms with E-state index in [0.29, 0.717) is 5.56 Å². The van der Waals surface area contributed by atoms with E-state index in [0.717, 1.165) is 49.2 Å². The van der Waals surface area contributed by atoms with E-state index < -0.39 is 0 Å². The van der Waals surface area contributed by atoms with Crippen LogP contribution in [0.3, 0.4) is 0 Å². The van der Waals surface area contributed by atoms with E-state index in [1.54, 1.807) is 12.1 Å². The van der Waals surface area contributed by atoms with Crippen LogP contribution in [0.1, 0.15) is 52.7 Å². The molecule has 2 aromatic rings. The second kappa shape index (κ2) is 7.03. The van der Waals surface area contributed by atoms with Crippen LogP contribution >= 0.6 is 0 Å². The largest absolute Gasteiger partial charge is 0.377 e. The van der Waals surface area contributed by atoms with Crippen LogP contribution in [-0.4, -0.2) is 28.8 Å². The molecule has 2 aromatic carbocycles. The number of anilines is 1. The first-order chi connectivity index (χ1) is 14.1. The highest BCUT2D eigenvalue weighted by molar-refractivity contribution is 6.01. The van der Waals surface area contributed by atoms with Crippen molar-refractivity contribution < 1.29 is 9.72 Å². The van der Waals surface area contributed by atoms with Gasteiger partial charge in [-0.1, -0.05) is 36.4 Å². The van der Waals surface area contributed by atoms with Gasteiger partial charge in [0.05, 0.1) is 22.2 Å². The molecule has 148 valence electrons. The van der Waals surface area contributed by atoms with Crippen LogP contribution in [0.5, 0.6) is 0 Å². The van der Waals surface area contributed by atoms with E-state index >= 15 is 0 Å². The van der Waals surface area contributed by atoms with E-state index in [4.69, 9.17) is 0 Å². The predicted molar refractivity (Wildman–Crippen MR) is 111 cm³/mol. The smallest absolute Gasteiger partial charge is 0.269 e. The average molecular weight is 389 g/mol. The van der Waals surface area contributed by atoms with Crippen molar-refractivity contribution in [3.8, 4) is 0 Å². The number of hydrogen-bond acceptors (Lipinski definition) is 4. The van der Waals surface area contributed by atoms with Gasteiger partial charge in [-0.2, -0.15) is 0 Å². The van der Waals surface area contributed by atoms with Gasteiger partial charge in [-0.3, -0.25) is 14.9 Å². The molecule has 0 spiro atoms. The molecule has 6 nitrogen and oxygen atoms in total. The van der Waals surface area contributed by atoms with Crippen molar-refractivity contribution in [2.24, 2.45) is 5.92 Å². The Morgan fingerprint density at radius 1 is 1.14 bits per heavy atom. The number of non-ortho nitro benzene ring substituents is 1. The molecule has 6 heteroatoms. The zero-order chi connectivity index (χ0) is 20.0. The molecule has 29 heavy (non-hydrogen) atoms. The molecule has 1 saturated heterocycles. The van der Waals surface area contributed by atoms with E-state index in [-0.39, 0.29) is 34.4 Å². The Kier molecular flexibility index (Phi) is 4.34. The molecule has 1 N–H and O–H groups in total. The highest BCUT2D eigenvalue weighted by Gasteiger charge is 2.40. The molecule has 5 rings (SSSR count). The lowest BCUT2D eigenvalue weighted by molar-refractivity contribution is -0.384. The normalized spacial score (nSPS) is 24.7. The summed E-state index contributed by atoms with van der Waals surface area (Å²) in [4.78, 5) is 26.0. The molecule has 2 heterocycles. The molecule has 1 aliphatic carbocycles. The molecular formula is C23H23N3O3. The summed E-state index contributed by atoms with van der Waals surface area (Å²) in [7, 11) is 0. The van der Waals surface area contributed by atoms with Crippen molar-refractivity contribution in [1.29, 1.82) is 0 Å². The van der Waals surface area contributed by atoms with E-state index in [2.05, 4.69) is 23.5 Å². The third-order valence-electron chi connectivity index (χ3n) is 6.46. The Bertz CT molecular complexity index is 1010. The van der Waals surface area contributed by atoms with Crippen molar-refractivity contribution in [2.45, 2.75) is 31.2 Å². The number of hydrogen-bond donors (Lipinski definition) is 1. The minimum atomic E-state index is -0.354. The van der Waals surface area contributed by atoms with Crippen LogP contribution in [0, 0.1) is 16.0 Å². The fraction of sp³-hybridized carbons (Fsp3) is 0.348. The Labute approximate surface area is 169 Å². The van der Waals surface area contributed by atoms with Gasteiger partial charge in [-0.05, 0) is 42.4 Å². The fourth-order valence-corrected chi connectivity index (χ4v) is 5.05. The molecular weight excluding hydrogens is 366 g/mol. The lowest BCUT2D eigenvalue weighted by Crippen LogP contribution is -2.33. The van der Waals surface area contributed by atoms with Crippen molar-refractivity contribution in [2.75, 3.05) is 18.4 Å². The summed E-state index contributed by atoms with van der Waals surface area (Å²) < 4.78 is 0. The standard InChI is InChI=1S/C23H23N3O3/c27-23(25-12-1-2-13-25)20-11-5-10-19-17-8-4-9-18(17)21(24-22(19)20)15-6-3-7-16(14-15)26(28)29/h3-8,10-11,14,17-18,21,24H,1-2,9,12-13H2/t17-,18+,21-/m0/s1. The number of fused-ring (bicyclic) bond motifs is 3. The number of carbonyl (C=O) groups is 1. The zero-order valence-electron chi connectivity index (χ0n) is 16.1. The fourth-order valence-electron chi connectivity index (χ4n) is 5.05. The first kappa shape index (κ1) is 17.9. The maximum Gasteiger partial charge on any atom is 0.269 e. The number of rotatable bonds is 3. The topological polar surface area (TPSA) is 75.5 Å². The van der Waals surface area contributed by atoms with Gasteiger partial charge in [0.2, 0.25) is 0 Å². The Hall–Kier alpha value is -3.15. The molecule has 1 amide bonds. The number of allylic oxidation sites excluding steroid dienone is 2. The number of nitrogens with zero attached hydrogens (tertiary/aromatic N) is 2. The first-order valence-electron chi connectivity index (χ1n) is 10.2. The SMILES string of the molecule is O=C(c1cccc2c1N[C@@H](c1cccc([N+](=O)[O-])c1)[C@@H]1CC=C[C@H]21)N1CCCC1. The van der Waals surface area contributed by atoms with Gasteiger partial charge in [-0.15, -0.1) is 0 Å². The summed E-state index contributed by atoms with van der Waals surface area (Å²) in [5.74, 6) is 0.563. The Balaban J connectivity index is 1.57. The minimum Gasteiger partial charge on any atom is -0.377 e. The number of carbonyl (C=O) groups excluding carboxylic acids is 1. The highest BCUT2D eigenvalue weighted by atomic mass is 16.6. The predicted octanol–water partition coefficient (Wildman–Crippen LogP) is 4.66. The van der Waals surface area contributed by atoms with Crippen molar-refractivity contribution in [3.05, 3.63) is 81.4 Å². The van der Waals surface area contributed by atoms with Gasteiger partial charge in [0.1, 0.15) is 0 Å². The third-order valence-corrected chi connectivity index (χ3v) is 6.46. The van der Waals surface area contributed by atoms with Crippen LogP contribution in [0.15, 0.2) is 54.6 Å². The summed E-state index contributed by atoms with van der Waals surface area (Å²) >= 11 is 0. The number of nitro benzene ring substituents is 1. The maximum atomic E-state index is 13.2. The molecule has 3 aliphatic rings. The van der Waals surface area contributed by atoms with Crippen LogP contribution in [0.2, 0.25) is 0 Å². The van der Waals surface area contributed by atoms with Gasteiger partial charge < -0.3 is 10.2 Å². The highest BCUT2D eigenvalue weighted by Crippen LogP contribution is 2.51. The number of para-hydroxylation sites is 1. The quantitative estimate of drug-likeness (QED) is 0.471. The van der Waals surface area contributed by atoms with Gasteiger partial charge in [0, 0.05) is 31.1 Å². The van der Waals surface area contributed by atoms with Crippen LogP contribution in [-0.2, 0) is 0 Å². The Morgan fingerprint density at radius 3 is 2.72 bits per heavy atom. The van der Waals surface area contributed by atoms with Crippen molar-refractivity contribution in [3.63, 3.8) is 0 Å². The summed E-state index contributed by atoms with van der Waals surface area (Å²) in [6, 6.07) is 12.8. The van der Waals surface area contributed by atoms with Gasteiger partial charge >= 0.3 is 0 Å². The van der Waals surface area contributed by atoms with Gasteiger partial charge in [-0.25, -0.2) is 0 Å². The molecule has 0 radical (unpaired) electrons. The van der Waals surface area contributed by atoms with E-state index in [1.165, 1.54) is 6.07 Å². The molecule has 1 fully saturated rings. The van der Waals surface area contributed by atoms with Crippen molar-refractivity contribution in [1.82, 2.24) is 4.90 Å². The third kappa shape index (κ3) is 2.99. The van der Waals surface area contributed by atoms with Crippen LogP contribution in [0.25, 0.3) is 0 Å². The number of nitrogens with one attached hydrogen (secondary N) is 1. The summed E-state index contributed by atoms with van der Waals surface area (Å²) in [6.07, 6.45) is 7.43. The molecule has 0 unspecified atom stereocenters. The number of benzene rings is 2. The van der Waals surface area contributed by atoms with Gasteiger partial charge in [0.25, 0.3) is 11.6 Å². The van der Waals surface area contributed by atoms with E-state index in [1.807, 2.05) is 23.1 Å². The maximum absolute atomic E-state index is 13.2.